The smallest absolute Gasteiger partial charge is 0.304 e. The van der Waals surface area contributed by atoms with Crippen LogP contribution in [0, 0.1) is 0 Å². The zero-order valence-corrected chi connectivity index (χ0v) is 8.22. The first-order valence-corrected chi connectivity index (χ1v) is 5.35. The van der Waals surface area contributed by atoms with E-state index in [1.54, 1.807) is 6.92 Å². The molecule has 0 saturated carbocycles. The second kappa shape index (κ2) is 5.93. The highest BCUT2D eigenvalue weighted by atomic mass is 32.3. The fraction of sp³-hybridized carbons (Fsp3) is 0.714. The third kappa shape index (κ3) is 7.73. The molecule has 0 rings (SSSR count). The Labute approximate surface area is 77.6 Å². The van der Waals surface area contributed by atoms with Crippen molar-refractivity contribution in [1.82, 2.24) is 0 Å². The van der Waals surface area contributed by atoms with Crippen LogP contribution >= 0.6 is 0 Å². The number of halogens is 1. The van der Waals surface area contributed by atoms with Crippen molar-refractivity contribution >= 4 is 10.2 Å². The van der Waals surface area contributed by atoms with Gasteiger partial charge in [0.1, 0.15) is 5.75 Å². The van der Waals surface area contributed by atoms with Crippen molar-refractivity contribution in [1.29, 1.82) is 0 Å². The average Bonchev–Trinajstić information content (AvgIpc) is 2.01. The molecule has 1 atom stereocenters. The normalized spacial score (nSPS) is 13.7. The van der Waals surface area contributed by atoms with Gasteiger partial charge in [0.05, 0.1) is 12.9 Å². The van der Waals surface area contributed by atoms with Gasteiger partial charge in [-0.3, -0.25) is 0 Å². The van der Waals surface area contributed by atoms with Crippen LogP contribution in [-0.4, -0.2) is 27.1 Å². The minimum absolute atomic E-state index is 0.217. The first-order chi connectivity index (χ1) is 5.99. The van der Waals surface area contributed by atoms with E-state index in [-0.39, 0.29) is 6.61 Å². The van der Waals surface area contributed by atoms with Crippen molar-refractivity contribution < 1.29 is 21.8 Å². The molecule has 0 spiro atoms. The molecule has 0 aliphatic carbocycles. The molecule has 0 aromatic heterocycles. The van der Waals surface area contributed by atoms with Crippen LogP contribution in [0.5, 0.6) is 0 Å². The molecule has 0 N–H and O–H groups in total. The summed E-state index contributed by atoms with van der Waals surface area (Å²) >= 11 is 0. The molecule has 13 heavy (non-hydrogen) atoms. The van der Waals surface area contributed by atoms with Crippen molar-refractivity contribution in [2.24, 2.45) is 0 Å². The standard InChI is InChI=1S/C7H13FO4S/c1-3-7(11-4-2)12-5-6-13(8,9)10/h4,7H,2-3,5-6H2,1H3. The van der Waals surface area contributed by atoms with Gasteiger partial charge in [-0.05, 0) is 0 Å². The molecular weight excluding hydrogens is 199 g/mol. The molecule has 0 bridgehead atoms. The summed E-state index contributed by atoms with van der Waals surface area (Å²) in [7, 11) is -4.45. The van der Waals surface area contributed by atoms with Gasteiger partial charge < -0.3 is 9.47 Å². The van der Waals surface area contributed by atoms with Crippen LogP contribution in [0.3, 0.4) is 0 Å². The third-order valence-electron chi connectivity index (χ3n) is 1.21. The number of ether oxygens (including phenoxy) is 2. The van der Waals surface area contributed by atoms with Gasteiger partial charge in [-0.1, -0.05) is 13.5 Å². The van der Waals surface area contributed by atoms with Crippen molar-refractivity contribution in [2.45, 2.75) is 19.6 Å². The lowest BCUT2D eigenvalue weighted by Crippen LogP contribution is -2.17. The van der Waals surface area contributed by atoms with Gasteiger partial charge in [0.2, 0.25) is 0 Å². The number of rotatable bonds is 7. The van der Waals surface area contributed by atoms with E-state index in [2.05, 4.69) is 6.58 Å². The summed E-state index contributed by atoms with van der Waals surface area (Å²) in [4.78, 5) is 0. The molecule has 0 aromatic rings. The number of hydrogen-bond donors (Lipinski definition) is 0. The van der Waals surface area contributed by atoms with Crippen LogP contribution in [0.15, 0.2) is 12.8 Å². The molecule has 6 heteroatoms. The molecule has 0 aromatic carbocycles. The van der Waals surface area contributed by atoms with Crippen LogP contribution in [0.1, 0.15) is 13.3 Å². The van der Waals surface area contributed by atoms with Gasteiger partial charge in [-0.2, -0.15) is 8.42 Å². The van der Waals surface area contributed by atoms with Crippen LogP contribution in [0.25, 0.3) is 0 Å². The molecular formula is C7H13FO4S. The Hall–Kier alpha value is -0.620. The molecule has 0 saturated heterocycles. The average molecular weight is 212 g/mol. The molecule has 0 aliphatic heterocycles. The Morgan fingerprint density at radius 2 is 2.23 bits per heavy atom. The van der Waals surface area contributed by atoms with E-state index in [0.717, 1.165) is 0 Å². The Balaban J connectivity index is 3.67. The van der Waals surface area contributed by atoms with Gasteiger partial charge in [-0.25, -0.2) is 0 Å². The zero-order valence-electron chi connectivity index (χ0n) is 7.40. The fourth-order valence-electron chi connectivity index (χ4n) is 0.640. The molecule has 4 nitrogen and oxygen atoms in total. The van der Waals surface area contributed by atoms with Gasteiger partial charge in [-0.15, -0.1) is 3.89 Å². The first kappa shape index (κ1) is 12.4. The minimum Gasteiger partial charge on any atom is -0.473 e. The van der Waals surface area contributed by atoms with E-state index in [9.17, 15) is 12.3 Å². The molecule has 0 amide bonds. The second-order valence-corrected chi connectivity index (χ2v) is 3.74. The lowest BCUT2D eigenvalue weighted by Gasteiger charge is -2.14. The van der Waals surface area contributed by atoms with Gasteiger partial charge >= 0.3 is 10.2 Å². The third-order valence-corrected chi connectivity index (χ3v) is 1.87. The van der Waals surface area contributed by atoms with Gasteiger partial charge in [0, 0.05) is 6.42 Å². The summed E-state index contributed by atoms with van der Waals surface area (Å²) in [6.07, 6.45) is 1.18. The lowest BCUT2D eigenvalue weighted by molar-refractivity contribution is -0.102. The van der Waals surface area contributed by atoms with Gasteiger partial charge in [0.15, 0.2) is 6.29 Å². The van der Waals surface area contributed by atoms with E-state index >= 15 is 0 Å². The monoisotopic (exact) mass is 212 g/mol. The maximum absolute atomic E-state index is 12.0. The molecule has 0 heterocycles. The molecule has 0 aliphatic rings. The lowest BCUT2D eigenvalue weighted by atomic mass is 10.5. The maximum Gasteiger partial charge on any atom is 0.304 e. The topological polar surface area (TPSA) is 52.6 Å². The Morgan fingerprint density at radius 3 is 2.62 bits per heavy atom. The predicted molar refractivity (Wildman–Crippen MR) is 46.2 cm³/mol. The summed E-state index contributed by atoms with van der Waals surface area (Å²) in [5.41, 5.74) is 0. The van der Waals surface area contributed by atoms with Crippen molar-refractivity contribution in [2.75, 3.05) is 12.4 Å². The van der Waals surface area contributed by atoms with E-state index in [0.29, 0.717) is 6.42 Å². The van der Waals surface area contributed by atoms with E-state index in [1.165, 1.54) is 6.26 Å². The van der Waals surface area contributed by atoms with E-state index in [4.69, 9.17) is 9.47 Å². The highest BCUT2D eigenvalue weighted by Gasteiger charge is 2.10. The van der Waals surface area contributed by atoms with Crippen molar-refractivity contribution in [3.8, 4) is 0 Å². The molecule has 1 unspecified atom stereocenters. The molecule has 0 radical (unpaired) electrons. The highest BCUT2D eigenvalue weighted by molar-refractivity contribution is 7.86. The van der Waals surface area contributed by atoms with Crippen LogP contribution < -0.4 is 0 Å². The van der Waals surface area contributed by atoms with Gasteiger partial charge in [0.25, 0.3) is 0 Å². The highest BCUT2D eigenvalue weighted by Crippen LogP contribution is 2.01. The predicted octanol–water partition coefficient (Wildman–Crippen LogP) is 1.20. The van der Waals surface area contributed by atoms with E-state index in [1.807, 2.05) is 0 Å². The van der Waals surface area contributed by atoms with Crippen LogP contribution in [0.4, 0.5) is 3.89 Å². The van der Waals surface area contributed by atoms with E-state index < -0.39 is 22.3 Å². The minimum atomic E-state index is -4.45. The summed E-state index contributed by atoms with van der Waals surface area (Å²) < 4.78 is 41.8. The van der Waals surface area contributed by atoms with Crippen molar-refractivity contribution in [3.05, 3.63) is 12.8 Å². The SMILES string of the molecule is C=COC(CC)OCCS(=O)(=O)F. The summed E-state index contributed by atoms with van der Waals surface area (Å²) in [6, 6.07) is 0. The Kier molecular flexibility index (Phi) is 5.65. The largest absolute Gasteiger partial charge is 0.473 e. The fourth-order valence-corrected chi connectivity index (χ4v) is 0.935. The maximum atomic E-state index is 12.0. The Morgan fingerprint density at radius 1 is 1.62 bits per heavy atom. The summed E-state index contributed by atoms with van der Waals surface area (Å²) in [5.74, 6) is -0.649. The molecule has 78 valence electrons. The quantitative estimate of drug-likeness (QED) is 0.361. The van der Waals surface area contributed by atoms with Crippen molar-refractivity contribution in [3.63, 3.8) is 0 Å². The van der Waals surface area contributed by atoms with Crippen LogP contribution in [0.2, 0.25) is 0 Å². The number of hydrogen-bond acceptors (Lipinski definition) is 4. The van der Waals surface area contributed by atoms with Crippen LogP contribution in [-0.2, 0) is 19.7 Å². The summed E-state index contributed by atoms with van der Waals surface area (Å²) in [6.45, 7) is 4.88. The Bertz CT molecular complexity index is 237. The zero-order chi connectivity index (χ0) is 10.3. The molecule has 0 fully saturated rings. The summed E-state index contributed by atoms with van der Waals surface area (Å²) in [5, 5.41) is 0. The first-order valence-electron chi connectivity index (χ1n) is 3.80. The second-order valence-electron chi connectivity index (χ2n) is 2.25.